The molecule has 3 aromatic carbocycles. The van der Waals surface area contributed by atoms with Crippen LogP contribution in [0.15, 0.2) is 83.8 Å². The Morgan fingerprint density at radius 3 is 2.23 bits per heavy atom. The van der Waals surface area contributed by atoms with Crippen LogP contribution in [0.1, 0.15) is 49.7 Å². The van der Waals surface area contributed by atoms with Gasteiger partial charge >= 0.3 is 0 Å². The molecule has 0 saturated carbocycles. The first-order chi connectivity index (χ1) is 19.5. The average Bonchev–Trinajstić information content (AvgIpc) is 3.00. The molecule has 1 aliphatic rings. The second kappa shape index (κ2) is 12.9. The Bertz CT molecular complexity index is 1500. The van der Waals surface area contributed by atoms with Gasteiger partial charge in [0.05, 0.1) is 16.5 Å². The first kappa shape index (κ1) is 28.2. The molecule has 0 spiro atoms. The van der Waals surface area contributed by atoms with Gasteiger partial charge in [0.1, 0.15) is 11.6 Å². The minimum Gasteiger partial charge on any atom is -0.369 e. The number of rotatable bonds is 11. The zero-order valence-electron chi connectivity index (χ0n) is 23.5. The summed E-state index contributed by atoms with van der Waals surface area (Å²) >= 11 is 0. The van der Waals surface area contributed by atoms with E-state index >= 15 is 0 Å². The van der Waals surface area contributed by atoms with Crippen molar-refractivity contribution in [3.63, 3.8) is 0 Å². The molecule has 2 heterocycles. The zero-order chi connectivity index (χ0) is 28.0. The summed E-state index contributed by atoms with van der Waals surface area (Å²) < 4.78 is 28.3. The summed E-state index contributed by atoms with van der Waals surface area (Å²) in [5.41, 5.74) is 3.37. The number of fused-ring (bicyclic) bond motifs is 1. The Kier molecular flexibility index (Phi) is 9.09. The molecule has 0 unspecified atom stereocenters. The van der Waals surface area contributed by atoms with Gasteiger partial charge in [0.2, 0.25) is 10.0 Å². The molecule has 1 aliphatic heterocycles. The number of sulfonamides is 1. The number of nitrogens with zero attached hydrogens (tertiary/aromatic N) is 4. The van der Waals surface area contributed by atoms with E-state index in [0.717, 1.165) is 54.8 Å². The van der Waals surface area contributed by atoms with E-state index in [2.05, 4.69) is 54.4 Å². The Balaban J connectivity index is 1.25. The van der Waals surface area contributed by atoms with Crippen LogP contribution in [0.4, 0.5) is 5.82 Å². The molecule has 1 atom stereocenters. The largest absolute Gasteiger partial charge is 0.369 e. The standard InChI is InChI=1S/C32H39N5O2S/c1-3-4-10-27-15-17-28(18-16-27)40(38,39)37-23-21-36(22-24-37)25(2)31-34-30-14-9-8-13-29(30)32(35-31)33-20-19-26-11-6-5-7-12-26/h5-9,11-18,25H,3-4,10,19-24H2,1-2H3,(H,33,34,35)/t25-/m1/s1. The number of unbranched alkanes of at least 4 members (excludes halogenated alkanes) is 1. The van der Waals surface area contributed by atoms with Crippen molar-refractivity contribution in [2.45, 2.75) is 50.5 Å². The monoisotopic (exact) mass is 557 g/mol. The molecule has 40 heavy (non-hydrogen) atoms. The predicted molar refractivity (Wildman–Crippen MR) is 162 cm³/mol. The van der Waals surface area contributed by atoms with Gasteiger partial charge in [0.15, 0.2) is 0 Å². The summed E-state index contributed by atoms with van der Waals surface area (Å²) in [4.78, 5) is 12.5. The first-order valence-corrected chi connectivity index (χ1v) is 15.8. The molecule has 210 valence electrons. The molecule has 1 N–H and O–H groups in total. The van der Waals surface area contributed by atoms with Crippen molar-refractivity contribution in [1.82, 2.24) is 19.2 Å². The zero-order valence-corrected chi connectivity index (χ0v) is 24.3. The minimum absolute atomic E-state index is 0.0398. The molecule has 1 fully saturated rings. The van der Waals surface area contributed by atoms with E-state index in [1.165, 1.54) is 11.1 Å². The van der Waals surface area contributed by atoms with Crippen molar-refractivity contribution in [1.29, 1.82) is 0 Å². The third-order valence-electron chi connectivity index (χ3n) is 7.74. The van der Waals surface area contributed by atoms with Gasteiger partial charge in [-0.3, -0.25) is 4.90 Å². The quantitative estimate of drug-likeness (QED) is 0.255. The molecule has 0 amide bonds. The van der Waals surface area contributed by atoms with Crippen LogP contribution < -0.4 is 5.32 Å². The van der Waals surface area contributed by atoms with Crippen molar-refractivity contribution >= 4 is 26.7 Å². The van der Waals surface area contributed by atoms with E-state index in [4.69, 9.17) is 9.97 Å². The van der Waals surface area contributed by atoms with Crippen molar-refractivity contribution in [3.05, 3.63) is 95.8 Å². The molecular weight excluding hydrogens is 518 g/mol. The lowest BCUT2D eigenvalue weighted by molar-refractivity contribution is 0.141. The number of hydrogen-bond donors (Lipinski definition) is 1. The van der Waals surface area contributed by atoms with E-state index in [1.54, 1.807) is 16.4 Å². The Labute approximate surface area is 238 Å². The van der Waals surface area contributed by atoms with Crippen LogP contribution in [0.5, 0.6) is 0 Å². The van der Waals surface area contributed by atoms with E-state index in [1.807, 2.05) is 36.4 Å². The van der Waals surface area contributed by atoms with E-state index in [-0.39, 0.29) is 6.04 Å². The fraction of sp³-hybridized carbons (Fsp3) is 0.375. The highest BCUT2D eigenvalue weighted by molar-refractivity contribution is 7.89. The molecule has 7 nitrogen and oxygen atoms in total. The maximum atomic E-state index is 13.3. The summed E-state index contributed by atoms with van der Waals surface area (Å²) in [6.45, 7) is 7.18. The van der Waals surface area contributed by atoms with Crippen molar-refractivity contribution in [2.24, 2.45) is 0 Å². The van der Waals surface area contributed by atoms with Crippen molar-refractivity contribution in [3.8, 4) is 0 Å². The molecular formula is C32H39N5O2S. The van der Waals surface area contributed by atoms with Crippen LogP contribution in [0.2, 0.25) is 0 Å². The van der Waals surface area contributed by atoms with Crippen molar-refractivity contribution in [2.75, 3.05) is 38.0 Å². The first-order valence-electron chi connectivity index (χ1n) is 14.3. The van der Waals surface area contributed by atoms with Gasteiger partial charge < -0.3 is 5.32 Å². The van der Waals surface area contributed by atoms with E-state index < -0.39 is 10.0 Å². The number of piperazine rings is 1. The Morgan fingerprint density at radius 1 is 0.825 bits per heavy atom. The SMILES string of the molecule is CCCCc1ccc(S(=O)(=O)N2CCN([C@H](C)c3nc(NCCc4ccccc4)c4ccccc4n3)CC2)cc1. The third kappa shape index (κ3) is 6.52. The average molecular weight is 558 g/mol. The lowest BCUT2D eigenvalue weighted by Crippen LogP contribution is -2.49. The number of aromatic nitrogens is 2. The second-order valence-corrected chi connectivity index (χ2v) is 12.4. The maximum Gasteiger partial charge on any atom is 0.243 e. The minimum atomic E-state index is -3.52. The van der Waals surface area contributed by atoms with Gasteiger partial charge in [-0.2, -0.15) is 4.31 Å². The second-order valence-electron chi connectivity index (χ2n) is 10.5. The van der Waals surface area contributed by atoms with Gasteiger partial charge in [-0.15, -0.1) is 0 Å². The highest BCUT2D eigenvalue weighted by Crippen LogP contribution is 2.27. The highest BCUT2D eigenvalue weighted by Gasteiger charge is 2.31. The van der Waals surface area contributed by atoms with E-state index in [9.17, 15) is 8.42 Å². The summed E-state index contributed by atoms with van der Waals surface area (Å²) in [6.07, 6.45) is 4.12. The van der Waals surface area contributed by atoms with Crippen LogP contribution in [-0.2, 0) is 22.9 Å². The fourth-order valence-corrected chi connectivity index (χ4v) is 6.66. The van der Waals surface area contributed by atoms with Crippen LogP contribution >= 0.6 is 0 Å². The summed E-state index contributed by atoms with van der Waals surface area (Å²) in [5, 5.41) is 4.54. The Hall–Kier alpha value is -3.33. The van der Waals surface area contributed by atoms with Gasteiger partial charge in [0, 0.05) is 38.1 Å². The highest BCUT2D eigenvalue weighted by atomic mass is 32.2. The van der Waals surface area contributed by atoms with Crippen LogP contribution in [-0.4, -0.2) is 60.3 Å². The maximum absolute atomic E-state index is 13.3. The van der Waals surface area contributed by atoms with Crippen LogP contribution in [0, 0.1) is 0 Å². The topological polar surface area (TPSA) is 78.4 Å². The number of nitrogens with one attached hydrogen (secondary N) is 1. The lowest BCUT2D eigenvalue weighted by atomic mass is 10.1. The van der Waals surface area contributed by atoms with Gasteiger partial charge in [-0.25, -0.2) is 18.4 Å². The molecule has 0 aliphatic carbocycles. The Morgan fingerprint density at radius 2 is 1.50 bits per heavy atom. The smallest absolute Gasteiger partial charge is 0.243 e. The number of benzene rings is 3. The third-order valence-corrected chi connectivity index (χ3v) is 9.66. The van der Waals surface area contributed by atoms with Gasteiger partial charge in [0.25, 0.3) is 0 Å². The molecule has 0 bridgehead atoms. The van der Waals surface area contributed by atoms with Gasteiger partial charge in [-0.1, -0.05) is 67.9 Å². The summed E-state index contributed by atoms with van der Waals surface area (Å²) in [7, 11) is -3.52. The number of aryl methyl sites for hydroxylation is 1. The lowest BCUT2D eigenvalue weighted by Gasteiger charge is -2.37. The fourth-order valence-electron chi connectivity index (χ4n) is 5.24. The van der Waals surface area contributed by atoms with Crippen LogP contribution in [0.3, 0.4) is 0 Å². The number of para-hydroxylation sites is 1. The molecule has 4 aromatic rings. The van der Waals surface area contributed by atoms with E-state index in [0.29, 0.717) is 31.1 Å². The van der Waals surface area contributed by atoms with Crippen LogP contribution in [0.25, 0.3) is 10.9 Å². The summed E-state index contributed by atoms with van der Waals surface area (Å²) in [5.74, 6) is 1.59. The normalized spacial score (nSPS) is 15.8. The molecule has 8 heteroatoms. The van der Waals surface area contributed by atoms with Gasteiger partial charge in [-0.05, 0) is 61.6 Å². The number of anilines is 1. The predicted octanol–water partition coefficient (Wildman–Crippen LogP) is 5.69. The molecule has 0 radical (unpaired) electrons. The number of hydrogen-bond acceptors (Lipinski definition) is 6. The molecule has 5 rings (SSSR count). The molecule has 1 aromatic heterocycles. The van der Waals surface area contributed by atoms with Crippen molar-refractivity contribution < 1.29 is 8.42 Å². The summed E-state index contributed by atoms with van der Waals surface area (Å²) in [6, 6.07) is 25.9. The molecule has 1 saturated heterocycles.